The van der Waals surface area contributed by atoms with E-state index in [-0.39, 0.29) is 36.5 Å². The van der Waals surface area contributed by atoms with E-state index >= 15 is 0 Å². The highest BCUT2D eigenvalue weighted by Gasteiger charge is 2.01. The van der Waals surface area contributed by atoms with Crippen molar-refractivity contribution in [1.82, 2.24) is 10.6 Å². The van der Waals surface area contributed by atoms with Gasteiger partial charge in [-0.25, -0.2) is 0 Å². The van der Waals surface area contributed by atoms with Crippen LogP contribution in [0.15, 0.2) is 35.3 Å². The molecule has 1 aromatic carbocycles. The van der Waals surface area contributed by atoms with Gasteiger partial charge in [-0.1, -0.05) is 37.3 Å². The number of rotatable bonds is 7. The van der Waals surface area contributed by atoms with Gasteiger partial charge in [0.15, 0.2) is 5.96 Å². The zero-order chi connectivity index (χ0) is 13.9. The Kier molecular flexibility index (Phi) is 11.5. The Morgan fingerprint density at radius 3 is 2.55 bits per heavy atom. The Morgan fingerprint density at radius 2 is 1.95 bits per heavy atom. The van der Waals surface area contributed by atoms with Gasteiger partial charge < -0.3 is 15.7 Å². The summed E-state index contributed by atoms with van der Waals surface area (Å²) in [7, 11) is 0. The average molecular weight is 391 g/mol. The third kappa shape index (κ3) is 8.37. The second-order valence-electron chi connectivity index (χ2n) is 4.67. The number of guanidine groups is 1. The van der Waals surface area contributed by atoms with E-state index in [4.69, 9.17) is 5.11 Å². The first-order valence-electron chi connectivity index (χ1n) is 6.93. The minimum Gasteiger partial charge on any atom is -0.396 e. The number of nitrogens with one attached hydrogen (secondary N) is 2. The van der Waals surface area contributed by atoms with Gasteiger partial charge in [0.2, 0.25) is 0 Å². The van der Waals surface area contributed by atoms with Crippen LogP contribution in [0.1, 0.15) is 19.4 Å². The highest BCUT2D eigenvalue weighted by atomic mass is 127. The lowest BCUT2D eigenvalue weighted by molar-refractivity contribution is 0.241. The van der Waals surface area contributed by atoms with Gasteiger partial charge >= 0.3 is 0 Å². The molecular weight excluding hydrogens is 365 g/mol. The Morgan fingerprint density at radius 1 is 1.25 bits per heavy atom. The first kappa shape index (κ1) is 19.2. The Bertz CT molecular complexity index is 371. The smallest absolute Gasteiger partial charge is 0.191 e. The number of halogens is 1. The van der Waals surface area contributed by atoms with Gasteiger partial charge in [-0.15, -0.1) is 24.0 Å². The van der Waals surface area contributed by atoms with E-state index < -0.39 is 0 Å². The zero-order valence-electron chi connectivity index (χ0n) is 12.3. The standard InChI is InChI=1S/C15H25N3O.HI/c1-3-16-15(18-11-13(2)12-19)17-10-9-14-7-5-4-6-8-14;/h4-8,13,19H,3,9-12H2,1-2H3,(H2,16,17,18);1H. The molecule has 0 aromatic heterocycles. The summed E-state index contributed by atoms with van der Waals surface area (Å²) in [6, 6.07) is 10.4. The van der Waals surface area contributed by atoms with Crippen molar-refractivity contribution >= 4 is 29.9 Å². The van der Waals surface area contributed by atoms with Gasteiger partial charge in [0.05, 0.1) is 0 Å². The molecule has 4 nitrogen and oxygen atoms in total. The van der Waals surface area contributed by atoms with E-state index in [9.17, 15) is 0 Å². The number of hydrogen-bond donors (Lipinski definition) is 3. The molecule has 5 heteroatoms. The van der Waals surface area contributed by atoms with Crippen LogP contribution >= 0.6 is 24.0 Å². The van der Waals surface area contributed by atoms with Crippen molar-refractivity contribution in [2.24, 2.45) is 10.9 Å². The second kappa shape index (κ2) is 12.0. The van der Waals surface area contributed by atoms with Crippen LogP contribution in [0.25, 0.3) is 0 Å². The van der Waals surface area contributed by atoms with Crippen molar-refractivity contribution in [2.45, 2.75) is 20.3 Å². The van der Waals surface area contributed by atoms with Crippen molar-refractivity contribution in [1.29, 1.82) is 0 Å². The Labute approximate surface area is 139 Å². The summed E-state index contributed by atoms with van der Waals surface area (Å²) < 4.78 is 0. The third-order valence-corrected chi connectivity index (χ3v) is 2.77. The van der Waals surface area contributed by atoms with Crippen LogP contribution in [0.5, 0.6) is 0 Å². The van der Waals surface area contributed by atoms with E-state index in [2.05, 4.69) is 39.9 Å². The van der Waals surface area contributed by atoms with Gasteiger partial charge in [-0.05, 0) is 24.8 Å². The molecule has 20 heavy (non-hydrogen) atoms. The van der Waals surface area contributed by atoms with E-state index in [1.807, 2.05) is 19.9 Å². The lowest BCUT2D eigenvalue weighted by Crippen LogP contribution is -2.38. The molecule has 3 N–H and O–H groups in total. The molecular formula is C15H26IN3O. The summed E-state index contributed by atoms with van der Waals surface area (Å²) in [5, 5.41) is 15.5. The lowest BCUT2D eigenvalue weighted by Gasteiger charge is -2.12. The summed E-state index contributed by atoms with van der Waals surface area (Å²) >= 11 is 0. The molecule has 0 fully saturated rings. The van der Waals surface area contributed by atoms with Gasteiger partial charge in [0.1, 0.15) is 0 Å². The molecule has 1 unspecified atom stereocenters. The molecule has 1 rings (SSSR count). The molecule has 0 radical (unpaired) electrons. The molecule has 0 saturated carbocycles. The van der Waals surface area contributed by atoms with Crippen molar-refractivity contribution in [3.8, 4) is 0 Å². The number of aliphatic hydroxyl groups is 1. The molecule has 0 aliphatic carbocycles. The predicted molar refractivity (Wildman–Crippen MR) is 95.8 cm³/mol. The van der Waals surface area contributed by atoms with E-state index in [1.165, 1.54) is 5.56 Å². The number of aliphatic imine (C=N–C) groups is 1. The number of nitrogens with zero attached hydrogens (tertiary/aromatic N) is 1. The molecule has 0 aliphatic heterocycles. The SMILES string of the molecule is CCNC(=NCC(C)CO)NCCc1ccccc1.I. The molecule has 0 bridgehead atoms. The van der Waals surface area contributed by atoms with Gasteiger partial charge in [-0.3, -0.25) is 4.99 Å². The molecule has 0 heterocycles. The first-order valence-corrected chi connectivity index (χ1v) is 6.93. The van der Waals surface area contributed by atoms with E-state index in [0.717, 1.165) is 25.5 Å². The summed E-state index contributed by atoms with van der Waals surface area (Å²) in [6.45, 7) is 6.53. The summed E-state index contributed by atoms with van der Waals surface area (Å²) in [6.07, 6.45) is 0.973. The van der Waals surface area contributed by atoms with Gasteiger partial charge in [0, 0.05) is 26.2 Å². The Hall–Kier alpha value is -0.820. The first-order chi connectivity index (χ1) is 9.26. The van der Waals surface area contributed by atoms with Gasteiger partial charge in [0.25, 0.3) is 0 Å². The van der Waals surface area contributed by atoms with Crippen molar-refractivity contribution in [3.63, 3.8) is 0 Å². The minimum atomic E-state index is 0. The van der Waals surface area contributed by atoms with E-state index in [0.29, 0.717) is 6.54 Å². The maximum absolute atomic E-state index is 8.99. The second-order valence-corrected chi connectivity index (χ2v) is 4.67. The van der Waals surface area contributed by atoms with Crippen LogP contribution in [0.3, 0.4) is 0 Å². The van der Waals surface area contributed by atoms with Crippen LogP contribution in [-0.4, -0.2) is 37.3 Å². The van der Waals surface area contributed by atoms with Crippen LogP contribution in [0.4, 0.5) is 0 Å². The minimum absolute atomic E-state index is 0. The van der Waals surface area contributed by atoms with E-state index in [1.54, 1.807) is 0 Å². The quantitative estimate of drug-likeness (QED) is 0.379. The van der Waals surface area contributed by atoms with Crippen molar-refractivity contribution < 1.29 is 5.11 Å². The average Bonchev–Trinajstić information content (AvgIpc) is 2.45. The maximum atomic E-state index is 8.99. The summed E-state index contributed by atoms with van der Waals surface area (Å²) in [5.41, 5.74) is 1.31. The van der Waals surface area contributed by atoms with Crippen LogP contribution in [-0.2, 0) is 6.42 Å². The lowest BCUT2D eigenvalue weighted by atomic mass is 10.1. The number of aliphatic hydroxyl groups excluding tert-OH is 1. The monoisotopic (exact) mass is 391 g/mol. The fourth-order valence-electron chi connectivity index (χ4n) is 1.62. The molecule has 0 spiro atoms. The highest BCUT2D eigenvalue weighted by Crippen LogP contribution is 1.98. The molecule has 1 aromatic rings. The van der Waals surface area contributed by atoms with Gasteiger partial charge in [-0.2, -0.15) is 0 Å². The van der Waals surface area contributed by atoms with Crippen LogP contribution in [0, 0.1) is 5.92 Å². The number of benzene rings is 1. The van der Waals surface area contributed by atoms with Crippen molar-refractivity contribution in [2.75, 3.05) is 26.2 Å². The molecule has 0 aliphatic rings. The fourth-order valence-corrected chi connectivity index (χ4v) is 1.62. The van der Waals surface area contributed by atoms with Crippen LogP contribution < -0.4 is 10.6 Å². The van der Waals surface area contributed by atoms with Crippen LogP contribution in [0.2, 0.25) is 0 Å². The fraction of sp³-hybridized carbons (Fsp3) is 0.533. The summed E-state index contributed by atoms with van der Waals surface area (Å²) in [4.78, 5) is 4.45. The molecule has 0 amide bonds. The zero-order valence-corrected chi connectivity index (χ0v) is 14.6. The predicted octanol–water partition coefficient (Wildman–Crippen LogP) is 2.03. The van der Waals surface area contributed by atoms with Crippen molar-refractivity contribution in [3.05, 3.63) is 35.9 Å². The molecule has 0 saturated heterocycles. The maximum Gasteiger partial charge on any atom is 0.191 e. The topological polar surface area (TPSA) is 56.7 Å². The third-order valence-electron chi connectivity index (χ3n) is 2.77. The molecule has 114 valence electrons. The normalized spacial score (nSPS) is 12.4. The summed E-state index contributed by atoms with van der Waals surface area (Å²) in [5.74, 6) is 1.02. The highest BCUT2D eigenvalue weighted by molar-refractivity contribution is 14.0. The Balaban J connectivity index is 0.00000361. The largest absolute Gasteiger partial charge is 0.396 e. The number of hydrogen-bond acceptors (Lipinski definition) is 2. The molecule has 1 atom stereocenters.